The maximum atomic E-state index is 12.1. The first-order valence-corrected chi connectivity index (χ1v) is 9.91. The summed E-state index contributed by atoms with van der Waals surface area (Å²) in [5, 5.41) is 0.658. The van der Waals surface area contributed by atoms with Crippen molar-refractivity contribution >= 4 is 51.1 Å². The van der Waals surface area contributed by atoms with Crippen molar-refractivity contribution in [2.75, 3.05) is 5.75 Å². The van der Waals surface area contributed by atoms with Crippen LogP contribution in [0.15, 0.2) is 57.9 Å². The van der Waals surface area contributed by atoms with Crippen LogP contribution in [0.25, 0.3) is 0 Å². The van der Waals surface area contributed by atoms with Gasteiger partial charge in [-0.25, -0.2) is 0 Å². The molecule has 0 heterocycles. The average Bonchev–Trinajstić information content (AvgIpc) is 3.40. The van der Waals surface area contributed by atoms with Crippen molar-refractivity contribution in [3.8, 4) is 0 Å². The van der Waals surface area contributed by atoms with E-state index in [4.69, 9.17) is 11.6 Å². The van der Waals surface area contributed by atoms with Gasteiger partial charge in [0, 0.05) is 20.3 Å². The van der Waals surface area contributed by atoms with Crippen LogP contribution in [0.3, 0.4) is 0 Å². The molecule has 7 heteroatoms. The molecule has 0 spiro atoms. The highest BCUT2D eigenvalue weighted by molar-refractivity contribution is 9.10. The molecular formula is C18H16BrClN2O2S. The van der Waals surface area contributed by atoms with Crippen LogP contribution in [0.2, 0.25) is 5.02 Å². The summed E-state index contributed by atoms with van der Waals surface area (Å²) in [4.78, 5) is 24.9. The molecule has 0 saturated heterocycles. The van der Waals surface area contributed by atoms with Crippen molar-refractivity contribution in [1.82, 2.24) is 10.9 Å². The van der Waals surface area contributed by atoms with Gasteiger partial charge in [-0.05, 0) is 54.3 Å². The normalized spacial score (nSPS) is 18.5. The van der Waals surface area contributed by atoms with Crippen LogP contribution in [0.1, 0.15) is 17.9 Å². The van der Waals surface area contributed by atoms with Crippen molar-refractivity contribution in [3.63, 3.8) is 0 Å². The van der Waals surface area contributed by atoms with E-state index in [0.29, 0.717) is 5.02 Å². The highest BCUT2D eigenvalue weighted by atomic mass is 79.9. The smallest absolute Gasteiger partial charge is 0.248 e. The lowest BCUT2D eigenvalue weighted by molar-refractivity contribution is -0.128. The highest BCUT2D eigenvalue weighted by Crippen LogP contribution is 2.47. The Balaban J connectivity index is 1.40. The van der Waals surface area contributed by atoms with E-state index in [1.54, 1.807) is 12.1 Å². The summed E-state index contributed by atoms with van der Waals surface area (Å²) in [7, 11) is 0. The van der Waals surface area contributed by atoms with Gasteiger partial charge in [0.1, 0.15) is 0 Å². The largest absolute Gasteiger partial charge is 0.273 e. The van der Waals surface area contributed by atoms with E-state index in [2.05, 4.69) is 26.8 Å². The molecule has 25 heavy (non-hydrogen) atoms. The summed E-state index contributed by atoms with van der Waals surface area (Å²) in [5.74, 6) is -0.0270. The minimum Gasteiger partial charge on any atom is -0.273 e. The zero-order valence-electron chi connectivity index (χ0n) is 13.2. The molecule has 1 aliphatic carbocycles. The molecule has 3 rings (SSSR count). The van der Waals surface area contributed by atoms with Gasteiger partial charge in [0.25, 0.3) is 0 Å². The number of rotatable bonds is 5. The van der Waals surface area contributed by atoms with Crippen LogP contribution >= 0.6 is 39.3 Å². The van der Waals surface area contributed by atoms with E-state index >= 15 is 0 Å². The Morgan fingerprint density at radius 3 is 2.64 bits per heavy atom. The molecule has 0 bridgehead atoms. The maximum absolute atomic E-state index is 12.1. The molecule has 0 aromatic heterocycles. The van der Waals surface area contributed by atoms with Gasteiger partial charge < -0.3 is 0 Å². The summed E-state index contributed by atoms with van der Waals surface area (Å²) >= 11 is 10.6. The lowest BCUT2D eigenvalue weighted by Gasteiger charge is -2.07. The minimum absolute atomic E-state index is 0.0847. The Bertz CT molecular complexity index is 785. The summed E-state index contributed by atoms with van der Waals surface area (Å²) < 4.78 is 1.00. The van der Waals surface area contributed by atoms with E-state index in [9.17, 15) is 9.59 Å². The number of benzene rings is 2. The predicted octanol–water partition coefficient (Wildman–Crippen LogP) is 4.15. The van der Waals surface area contributed by atoms with Gasteiger partial charge in [-0.15, -0.1) is 11.8 Å². The zero-order chi connectivity index (χ0) is 17.8. The number of hydrogen-bond acceptors (Lipinski definition) is 3. The van der Waals surface area contributed by atoms with Gasteiger partial charge in [-0.1, -0.05) is 39.7 Å². The number of nitrogens with one attached hydrogen (secondary N) is 2. The van der Waals surface area contributed by atoms with Crippen LogP contribution in [-0.4, -0.2) is 17.6 Å². The number of halogens is 2. The van der Waals surface area contributed by atoms with Gasteiger partial charge in [-0.2, -0.15) is 0 Å². The molecule has 4 nitrogen and oxygen atoms in total. The number of amides is 2. The number of carbonyl (C=O) groups excluding carboxylic acids is 2. The van der Waals surface area contributed by atoms with Crippen LogP contribution in [0, 0.1) is 5.92 Å². The molecule has 2 aromatic carbocycles. The number of thioether (sulfide) groups is 1. The Hall–Kier alpha value is -1.50. The SMILES string of the molecule is O=C(CSc1ccc(Cl)cc1)NNC(=O)C1CC1c1cccc(Br)c1. The van der Waals surface area contributed by atoms with Gasteiger partial charge in [-0.3, -0.25) is 20.4 Å². The second-order valence-corrected chi connectivity index (χ2v) is 8.18. The first-order chi connectivity index (χ1) is 12.0. The fraction of sp³-hybridized carbons (Fsp3) is 0.222. The zero-order valence-corrected chi connectivity index (χ0v) is 16.3. The van der Waals surface area contributed by atoms with E-state index in [1.165, 1.54) is 11.8 Å². The summed E-state index contributed by atoms with van der Waals surface area (Å²) in [6, 6.07) is 15.2. The van der Waals surface area contributed by atoms with Crippen LogP contribution in [-0.2, 0) is 9.59 Å². The van der Waals surface area contributed by atoms with E-state index < -0.39 is 0 Å². The Labute approximate surface area is 163 Å². The standard InChI is InChI=1S/C18H16BrClN2O2S/c19-12-3-1-2-11(8-12)15-9-16(15)18(24)22-21-17(23)10-25-14-6-4-13(20)5-7-14/h1-8,15-16H,9-10H2,(H,21,23)(H,22,24). The minimum atomic E-state index is -0.243. The predicted molar refractivity (Wildman–Crippen MR) is 103 cm³/mol. The van der Waals surface area contributed by atoms with Crippen molar-refractivity contribution in [3.05, 3.63) is 63.6 Å². The van der Waals surface area contributed by atoms with Crippen LogP contribution in [0.5, 0.6) is 0 Å². The topological polar surface area (TPSA) is 58.2 Å². The van der Waals surface area contributed by atoms with Crippen molar-refractivity contribution in [1.29, 1.82) is 0 Å². The third-order valence-electron chi connectivity index (χ3n) is 3.91. The Morgan fingerprint density at radius 1 is 1.16 bits per heavy atom. The maximum Gasteiger partial charge on any atom is 0.248 e. The third kappa shape index (κ3) is 5.23. The first-order valence-electron chi connectivity index (χ1n) is 7.75. The third-order valence-corrected chi connectivity index (χ3v) is 5.67. The van der Waals surface area contributed by atoms with Crippen molar-refractivity contribution in [2.45, 2.75) is 17.2 Å². The second kappa shape index (κ2) is 8.25. The fourth-order valence-corrected chi connectivity index (χ4v) is 3.77. The van der Waals surface area contributed by atoms with Crippen molar-refractivity contribution < 1.29 is 9.59 Å². The molecule has 130 valence electrons. The van der Waals surface area contributed by atoms with Crippen LogP contribution in [0.4, 0.5) is 0 Å². The number of carbonyl (C=O) groups is 2. The number of hydrazine groups is 1. The van der Waals surface area contributed by atoms with Gasteiger partial charge in [0.2, 0.25) is 11.8 Å². The van der Waals surface area contributed by atoms with Crippen LogP contribution < -0.4 is 10.9 Å². The van der Waals surface area contributed by atoms with E-state index in [1.807, 2.05) is 36.4 Å². The number of hydrogen-bond donors (Lipinski definition) is 2. The molecular weight excluding hydrogens is 424 g/mol. The average molecular weight is 440 g/mol. The molecule has 1 aliphatic rings. The molecule has 0 radical (unpaired) electrons. The quantitative estimate of drug-likeness (QED) is 0.544. The lowest BCUT2D eigenvalue weighted by Crippen LogP contribution is -2.43. The molecule has 0 aliphatic heterocycles. The molecule has 2 aromatic rings. The summed E-state index contributed by atoms with van der Waals surface area (Å²) in [5.41, 5.74) is 6.13. The highest BCUT2D eigenvalue weighted by Gasteiger charge is 2.44. The monoisotopic (exact) mass is 438 g/mol. The fourth-order valence-electron chi connectivity index (χ4n) is 2.53. The second-order valence-electron chi connectivity index (χ2n) is 5.78. The van der Waals surface area contributed by atoms with Gasteiger partial charge >= 0.3 is 0 Å². The van der Waals surface area contributed by atoms with Gasteiger partial charge in [0.15, 0.2) is 0 Å². The first kappa shape index (κ1) is 18.3. The molecule has 2 amide bonds. The Kier molecular flexibility index (Phi) is 6.04. The molecule has 2 unspecified atom stereocenters. The summed E-state index contributed by atoms with van der Waals surface area (Å²) in [6.07, 6.45) is 0.803. The van der Waals surface area contributed by atoms with E-state index in [0.717, 1.165) is 21.4 Å². The molecule has 1 fully saturated rings. The molecule has 2 atom stereocenters. The summed E-state index contributed by atoms with van der Waals surface area (Å²) in [6.45, 7) is 0. The Morgan fingerprint density at radius 2 is 1.92 bits per heavy atom. The van der Waals surface area contributed by atoms with E-state index in [-0.39, 0.29) is 29.4 Å². The van der Waals surface area contributed by atoms with Crippen molar-refractivity contribution in [2.24, 2.45) is 5.92 Å². The molecule has 1 saturated carbocycles. The van der Waals surface area contributed by atoms with Gasteiger partial charge in [0.05, 0.1) is 5.75 Å². The lowest BCUT2D eigenvalue weighted by atomic mass is 10.1. The molecule has 2 N–H and O–H groups in total.